The summed E-state index contributed by atoms with van der Waals surface area (Å²) in [6, 6.07) is 4.96. The fraction of sp³-hybridized carbons (Fsp3) is 0.333. The topological polar surface area (TPSA) is 75.4 Å². The average Bonchev–Trinajstić information content (AvgIpc) is 2.32. The van der Waals surface area contributed by atoms with Gasteiger partial charge in [-0.3, -0.25) is 9.59 Å². The second-order valence-corrected chi connectivity index (χ2v) is 4.27. The number of benzene rings is 1. The number of nitrogens with two attached hydrogens (primary N) is 1. The summed E-state index contributed by atoms with van der Waals surface area (Å²) in [5.41, 5.74) is 7.58. The van der Waals surface area contributed by atoms with Gasteiger partial charge in [-0.15, -0.1) is 0 Å². The Morgan fingerprint density at radius 1 is 1.53 bits per heavy atom. The lowest BCUT2D eigenvalue weighted by atomic mass is 10.1. The highest BCUT2D eigenvalue weighted by Gasteiger charge is 2.27. The number of amides is 2. The molecule has 0 radical (unpaired) electrons. The van der Waals surface area contributed by atoms with Gasteiger partial charge in [0.05, 0.1) is 11.4 Å². The molecule has 2 amide bonds. The number of anilines is 3. The molecule has 0 fully saturated rings. The van der Waals surface area contributed by atoms with E-state index >= 15 is 0 Å². The average molecular weight is 233 g/mol. The van der Waals surface area contributed by atoms with Crippen molar-refractivity contribution >= 4 is 28.9 Å². The largest absolute Gasteiger partial charge is 0.399 e. The van der Waals surface area contributed by atoms with Gasteiger partial charge in [0.15, 0.2) is 0 Å². The second kappa shape index (κ2) is 4.08. The minimum Gasteiger partial charge on any atom is -0.399 e. The van der Waals surface area contributed by atoms with Crippen molar-refractivity contribution < 1.29 is 9.59 Å². The van der Waals surface area contributed by atoms with Crippen molar-refractivity contribution in [2.75, 3.05) is 16.0 Å². The minimum absolute atomic E-state index is 0.0905. The normalized spacial score (nSPS) is 19.3. The SMILES string of the molecule is CC(=O)N1c2cc(N)ccc2NC(=O)C[C@@H]1C. The molecule has 1 aromatic carbocycles. The van der Waals surface area contributed by atoms with E-state index in [1.165, 1.54) is 6.92 Å². The van der Waals surface area contributed by atoms with Gasteiger partial charge in [-0.05, 0) is 25.1 Å². The molecule has 0 saturated heterocycles. The van der Waals surface area contributed by atoms with Crippen molar-refractivity contribution in [3.63, 3.8) is 0 Å². The Hall–Kier alpha value is -2.04. The quantitative estimate of drug-likeness (QED) is 0.664. The second-order valence-electron chi connectivity index (χ2n) is 4.27. The minimum atomic E-state index is -0.171. The first-order valence-electron chi connectivity index (χ1n) is 5.48. The zero-order valence-electron chi connectivity index (χ0n) is 9.86. The van der Waals surface area contributed by atoms with Crippen molar-refractivity contribution in [3.05, 3.63) is 18.2 Å². The lowest BCUT2D eigenvalue weighted by molar-refractivity contribution is -0.117. The molecule has 1 aliphatic rings. The number of nitrogens with one attached hydrogen (secondary N) is 1. The van der Waals surface area contributed by atoms with Crippen LogP contribution in [0.1, 0.15) is 20.3 Å². The third kappa shape index (κ3) is 2.08. The van der Waals surface area contributed by atoms with Crippen LogP contribution in [0.5, 0.6) is 0 Å². The Kier molecular flexibility index (Phi) is 2.75. The van der Waals surface area contributed by atoms with Crippen LogP contribution in [-0.2, 0) is 9.59 Å². The summed E-state index contributed by atoms with van der Waals surface area (Å²) in [6.45, 7) is 3.33. The van der Waals surface area contributed by atoms with Crippen LogP contribution >= 0.6 is 0 Å². The molecule has 90 valence electrons. The van der Waals surface area contributed by atoms with Crippen LogP contribution in [0.2, 0.25) is 0 Å². The van der Waals surface area contributed by atoms with E-state index in [4.69, 9.17) is 5.73 Å². The summed E-state index contributed by atoms with van der Waals surface area (Å²) in [5, 5.41) is 2.78. The van der Waals surface area contributed by atoms with Crippen molar-refractivity contribution in [3.8, 4) is 0 Å². The van der Waals surface area contributed by atoms with Crippen molar-refractivity contribution in [2.24, 2.45) is 0 Å². The van der Waals surface area contributed by atoms with Crippen LogP contribution in [0, 0.1) is 0 Å². The molecule has 2 rings (SSSR count). The number of hydrogen-bond acceptors (Lipinski definition) is 3. The Labute approximate surface area is 99.6 Å². The molecular formula is C12H15N3O2. The molecule has 0 aromatic heterocycles. The van der Waals surface area contributed by atoms with E-state index < -0.39 is 0 Å². The van der Waals surface area contributed by atoms with Crippen molar-refractivity contribution in [2.45, 2.75) is 26.3 Å². The van der Waals surface area contributed by atoms with E-state index in [2.05, 4.69) is 5.32 Å². The molecule has 0 bridgehead atoms. The summed E-state index contributed by atoms with van der Waals surface area (Å²) in [7, 11) is 0. The van der Waals surface area contributed by atoms with Crippen LogP contribution < -0.4 is 16.0 Å². The smallest absolute Gasteiger partial charge is 0.226 e. The molecule has 1 atom stereocenters. The van der Waals surface area contributed by atoms with E-state index in [9.17, 15) is 9.59 Å². The van der Waals surface area contributed by atoms with Crippen LogP contribution in [0.3, 0.4) is 0 Å². The molecule has 0 aliphatic carbocycles. The van der Waals surface area contributed by atoms with Gasteiger partial charge in [0.1, 0.15) is 0 Å². The molecule has 5 heteroatoms. The highest BCUT2D eigenvalue weighted by atomic mass is 16.2. The predicted octanol–water partition coefficient (Wildman–Crippen LogP) is 1.35. The summed E-state index contributed by atoms with van der Waals surface area (Å²) < 4.78 is 0. The van der Waals surface area contributed by atoms with Gasteiger partial charge >= 0.3 is 0 Å². The first-order valence-corrected chi connectivity index (χ1v) is 5.48. The lowest BCUT2D eigenvalue weighted by Crippen LogP contribution is -2.37. The highest BCUT2D eigenvalue weighted by molar-refractivity contribution is 6.04. The summed E-state index contributed by atoms with van der Waals surface area (Å²) in [5.74, 6) is -0.187. The Morgan fingerprint density at radius 2 is 2.24 bits per heavy atom. The molecule has 5 nitrogen and oxygen atoms in total. The molecule has 0 spiro atoms. The Bertz CT molecular complexity index is 485. The van der Waals surface area contributed by atoms with Crippen LogP contribution in [0.25, 0.3) is 0 Å². The van der Waals surface area contributed by atoms with E-state index in [-0.39, 0.29) is 24.3 Å². The number of nitrogen functional groups attached to an aromatic ring is 1. The van der Waals surface area contributed by atoms with Gasteiger partial charge in [0.25, 0.3) is 0 Å². The number of hydrogen-bond donors (Lipinski definition) is 2. The van der Waals surface area contributed by atoms with Crippen molar-refractivity contribution in [1.82, 2.24) is 0 Å². The fourth-order valence-corrected chi connectivity index (χ4v) is 2.13. The molecule has 3 N–H and O–H groups in total. The lowest BCUT2D eigenvalue weighted by Gasteiger charge is -2.26. The molecular weight excluding hydrogens is 218 g/mol. The molecule has 1 aliphatic heterocycles. The first kappa shape index (κ1) is 11.4. The van der Waals surface area contributed by atoms with E-state index in [0.717, 1.165) is 0 Å². The van der Waals surface area contributed by atoms with E-state index in [1.54, 1.807) is 23.1 Å². The van der Waals surface area contributed by atoms with Crippen LogP contribution in [0.15, 0.2) is 18.2 Å². The fourth-order valence-electron chi connectivity index (χ4n) is 2.13. The summed E-state index contributed by atoms with van der Waals surface area (Å²) >= 11 is 0. The van der Waals surface area contributed by atoms with Crippen LogP contribution in [0.4, 0.5) is 17.1 Å². The number of carbonyl (C=O) groups excluding carboxylic acids is 2. The number of fused-ring (bicyclic) bond motifs is 1. The van der Waals surface area contributed by atoms with Gasteiger partial charge in [-0.2, -0.15) is 0 Å². The maximum Gasteiger partial charge on any atom is 0.226 e. The Balaban J connectivity index is 2.57. The maximum atomic E-state index is 11.7. The van der Waals surface area contributed by atoms with Gasteiger partial charge in [0.2, 0.25) is 11.8 Å². The first-order chi connectivity index (χ1) is 7.99. The molecule has 1 aromatic rings. The molecule has 1 heterocycles. The summed E-state index contributed by atoms with van der Waals surface area (Å²) in [4.78, 5) is 24.9. The van der Waals surface area contributed by atoms with E-state index in [0.29, 0.717) is 17.1 Å². The molecule has 0 saturated carbocycles. The number of carbonyl (C=O) groups is 2. The van der Waals surface area contributed by atoms with Gasteiger partial charge < -0.3 is 16.0 Å². The number of nitrogens with zero attached hydrogens (tertiary/aromatic N) is 1. The molecule has 17 heavy (non-hydrogen) atoms. The number of rotatable bonds is 0. The van der Waals surface area contributed by atoms with Crippen molar-refractivity contribution in [1.29, 1.82) is 0 Å². The highest BCUT2D eigenvalue weighted by Crippen LogP contribution is 2.33. The third-order valence-electron chi connectivity index (χ3n) is 2.82. The van der Waals surface area contributed by atoms with Gasteiger partial charge in [0, 0.05) is 25.1 Å². The van der Waals surface area contributed by atoms with Gasteiger partial charge in [-0.25, -0.2) is 0 Å². The standard InChI is InChI=1S/C12H15N3O2/c1-7-5-12(17)14-10-4-3-9(13)6-11(10)15(7)8(2)16/h3-4,6-7H,5,13H2,1-2H3,(H,14,17)/t7-/m0/s1. The molecule has 0 unspecified atom stereocenters. The van der Waals surface area contributed by atoms with Gasteiger partial charge in [-0.1, -0.05) is 0 Å². The van der Waals surface area contributed by atoms with Crippen LogP contribution in [-0.4, -0.2) is 17.9 Å². The monoisotopic (exact) mass is 233 g/mol. The van der Waals surface area contributed by atoms with E-state index in [1.807, 2.05) is 6.92 Å². The summed E-state index contributed by atoms with van der Waals surface area (Å²) in [6.07, 6.45) is 0.286. The Morgan fingerprint density at radius 3 is 2.88 bits per heavy atom. The zero-order chi connectivity index (χ0) is 12.6. The predicted molar refractivity (Wildman–Crippen MR) is 66.7 cm³/mol. The third-order valence-corrected chi connectivity index (χ3v) is 2.82. The zero-order valence-corrected chi connectivity index (χ0v) is 9.86. The maximum absolute atomic E-state index is 11.7.